The monoisotopic (exact) mass is 383 g/mol. The van der Waals surface area contributed by atoms with Crippen molar-refractivity contribution in [3.05, 3.63) is 64.1 Å². The quantitative estimate of drug-likeness (QED) is 0.779. The van der Waals surface area contributed by atoms with Gasteiger partial charge in [-0.25, -0.2) is 4.68 Å². The number of hydrogen-bond donors (Lipinski definition) is 1. The Balaban J connectivity index is 1.70. The highest BCUT2D eigenvalue weighted by Crippen LogP contribution is 2.14. The molecule has 3 rings (SSSR count). The summed E-state index contributed by atoms with van der Waals surface area (Å²) in [7, 11) is 3.11. The lowest BCUT2D eigenvalue weighted by Gasteiger charge is -2.40. The molecule has 1 aromatic heterocycles. The van der Waals surface area contributed by atoms with E-state index in [0.29, 0.717) is 13.1 Å². The Hall–Kier alpha value is -3.00. The number of rotatable bonds is 5. The maximum absolute atomic E-state index is 12.8. The van der Waals surface area contributed by atoms with Gasteiger partial charge in [0.2, 0.25) is 5.91 Å². The molecule has 0 spiro atoms. The van der Waals surface area contributed by atoms with Crippen molar-refractivity contribution in [3.8, 4) is 0 Å². The molecule has 8 heteroatoms. The van der Waals surface area contributed by atoms with Gasteiger partial charge in [0.05, 0.1) is 0 Å². The molecule has 148 valence electrons. The summed E-state index contributed by atoms with van der Waals surface area (Å²) in [5.74, 6) is -0.383. The van der Waals surface area contributed by atoms with Gasteiger partial charge in [0.1, 0.15) is 11.7 Å². The molecule has 1 saturated heterocycles. The van der Waals surface area contributed by atoms with E-state index in [0.717, 1.165) is 17.6 Å². The number of carbonyl (C=O) groups is 2. The third-order valence-electron chi connectivity index (χ3n) is 5.04. The zero-order valence-electron chi connectivity index (χ0n) is 16.2. The zero-order valence-corrected chi connectivity index (χ0v) is 16.2. The average molecular weight is 383 g/mol. The fraction of sp³-hybridized carbons (Fsp3) is 0.400. The van der Waals surface area contributed by atoms with Crippen LogP contribution in [0.4, 0.5) is 0 Å². The molecule has 0 bridgehead atoms. The van der Waals surface area contributed by atoms with Crippen LogP contribution in [0, 0.1) is 0 Å². The van der Waals surface area contributed by atoms with Gasteiger partial charge in [-0.15, -0.1) is 0 Å². The van der Waals surface area contributed by atoms with E-state index in [4.69, 9.17) is 0 Å². The molecule has 1 aliphatic rings. The van der Waals surface area contributed by atoms with Gasteiger partial charge in [-0.2, -0.15) is 5.10 Å². The van der Waals surface area contributed by atoms with E-state index in [1.807, 2.05) is 18.2 Å². The molecule has 1 N–H and O–H groups in total. The number of nitrogens with zero attached hydrogens (tertiary/aromatic N) is 4. The number of amides is 2. The summed E-state index contributed by atoms with van der Waals surface area (Å²) in [5, 5.41) is 6.73. The minimum Gasteiger partial charge on any atom is -0.358 e. The molecule has 0 saturated carbocycles. The zero-order chi connectivity index (χ0) is 20.1. The molecule has 8 nitrogen and oxygen atoms in total. The highest BCUT2D eigenvalue weighted by Gasteiger charge is 2.34. The van der Waals surface area contributed by atoms with Gasteiger partial charge in [-0.1, -0.05) is 30.3 Å². The molecular formula is C20H25N5O3. The van der Waals surface area contributed by atoms with Crippen molar-refractivity contribution in [2.75, 3.05) is 33.2 Å². The van der Waals surface area contributed by atoms with Crippen molar-refractivity contribution in [2.45, 2.75) is 12.5 Å². The SMILES string of the molecule is CNC(=O)[C@H]1CN(C(=O)c2ccc(=O)n(C)n2)CCN1CCc1ccccc1. The fourth-order valence-electron chi connectivity index (χ4n) is 3.38. The smallest absolute Gasteiger partial charge is 0.274 e. The minimum atomic E-state index is -0.418. The number of aromatic nitrogens is 2. The van der Waals surface area contributed by atoms with Crippen molar-refractivity contribution in [2.24, 2.45) is 7.05 Å². The maximum atomic E-state index is 12.8. The maximum Gasteiger partial charge on any atom is 0.274 e. The van der Waals surface area contributed by atoms with Gasteiger partial charge in [0, 0.05) is 46.3 Å². The number of likely N-dealkylation sites (N-methyl/N-ethyl adjacent to an activating group) is 1. The first-order valence-electron chi connectivity index (χ1n) is 9.33. The molecule has 1 aromatic carbocycles. The lowest BCUT2D eigenvalue weighted by atomic mass is 10.1. The highest BCUT2D eigenvalue weighted by atomic mass is 16.2. The number of benzene rings is 1. The summed E-state index contributed by atoms with van der Waals surface area (Å²) >= 11 is 0. The van der Waals surface area contributed by atoms with E-state index in [2.05, 4.69) is 27.4 Å². The van der Waals surface area contributed by atoms with Crippen molar-refractivity contribution >= 4 is 11.8 Å². The summed E-state index contributed by atoms with van der Waals surface area (Å²) in [6, 6.07) is 12.5. The van der Waals surface area contributed by atoms with Crippen LogP contribution in [0.5, 0.6) is 0 Å². The number of hydrogen-bond acceptors (Lipinski definition) is 5. The van der Waals surface area contributed by atoms with Crippen LogP contribution in [0.2, 0.25) is 0 Å². The summed E-state index contributed by atoms with van der Waals surface area (Å²) in [6.45, 7) is 2.13. The molecule has 2 heterocycles. The van der Waals surface area contributed by atoms with E-state index in [9.17, 15) is 14.4 Å². The van der Waals surface area contributed by atoms with Crippen LogP contribution in [0.15, 0.2) is 47.3 Å². The van der Waals surface area contributed by atoms with Gasteiger partial charge < -0.3 is 10.2 Å². The normalized spacial score (nSPS) is 17.4. The molecule has 0 aliphatic carbocycles. The lowest BCUT2D eigenvalue weighted by molar-refractivity contribution is -0.127. The molecule has 1 fully saturated rings. The van der Waals surface area contributed by atoms with Gasteiger partial charge in [0.25, 0.3) is 11.5 Å². The van der Waals surface area contributed by atoms with Crippen LogP contribution in [0.25, 0.3) is 0 Å². The van der Waals surface area contributed by atoms with Crippen LogP contribution in [0.3, 0.4) is 0 Å². The van der Waals surface area contributed by atoms with Gasteiger partial charge in [0.15, 0.2) is 0 Å². The minimum absolute atomic E-state index is 0.112. The average Bonchev–Trinajstić information content (AvgIpc) is 2.73. The van der Waals surface area contributed by atoms with E-state index < -0.39 is 6.04 Å². The molecule has 0 radical (unpaired) electrons. The van der Waals surface area contributed by atoms with Gasteiger partial charge >= 0.3 is 0 Å². The molecule has 1 aliphatic heterocycles. The molecule has 28 heavy (non-hydrogen) atoms. The second-order valence-corrected chi connectivity index (χ2v) is 6.83. The Morgan fingerprint density at radius 2 is 1.89 bits per heavy atom. The van der Waals surface area contributed by atoms with Crippen molar-refractivity contribution in [1.29, 1.82) is 0 Å². The molecule has 2 aromatic rings. The van der Waals surface area contributed by atoms with Crippen molar-refractivity contribution in [3.63, 3.8) is 0 Å². The van der Waals surface area contributed by atoms with Crippen LogP contribution in [0.1, 0.15) is 16.1 Å². The van der Waals surface area contributed by atoms with Crippen LogP contribution >= 0.6 is 0 Å². The lowest BCUT2D eigenvalue weighted by Crippen LogP contribution is -2.60. The predicted octanol–water partition coefficient (Wildman–Crippen LogP) is -0.105. The number of carbonyl (C=O) groups excluding carboxylic acids is 2. The van der Waals surface area contributed by atoms with E-state index >= 15 is 0 Å². The largest absolute Gasteiger partial charge is 0.358 e. The predicted molar refractivity (Wildman–Crippen MR) is 105 cm³/mol. The standard InChI is InChI=1S/C20H25N5O3/c1-21-19(27)17-14-25(20(28)16-8-9-18(26)23(2)22-16)13-12-24(17)11-10-15-6-4-3-5-7-15/h3-9,17H,10-14H2,1-2H3,(H,21,27)/t17-/m1/s1. The Labute approximate surface area is 163 Å². The second-order valence-electron chi connectivity index (χ2n) is 6.83. The Morgan fingerprint density at radius 3 is 2.57 bits per heavy atom. The van der Waals surface area contributed by atoms with Crippen molar-refractivity contribution < 1.29 is 9.59 Å². The Morgan fingerprint density at radius 1 is 1.14 bits per heavy atom. The number of piperazine rings is 1. The molecule has 1 atom stereocenters. The van der Waals surface area contributed by atoms with E-state index in [-0.39, 0.29) is 29.6 Å². The van der Waals surface area contributed by atoms with Crippen LogP contribution < -0.4 is 10.9 Å². The third-order valence-corrected chi connectivity index (χ3v) is 5.04. The first kappa shape index (κ1) is 19.8. The second kappa shape index (κ2) is 8.79. The van der Waals surface area contributed by atoms with Crippen LogP contribution in [-0.2, 0) is 18.3 Å². The molecule has 0 unspecified atom stereocenters. The first-order chi connectivity index (χ1) is 13.5. The highest BCUT2D eigenvalue weighted by molar-refractivity contribution is 5.93. The van der Waals surface area contributed by atoms with Gasteiger partial charge in [-0.3, -0.25) is 19.3 Å². The Bertz CT molecular complexity index is 896. The van der Waals surface area contributed by atoms with E-state index in [1.165, 1.54) is 24.7 Å². The Kier molecular flexibility index (Phi) is 6.20. The third kappa shape index (κ3) is 4.45. The number of nitrogens with one attached hydrogen (secondary N) is 1. The van der Waals surface area contributed by atoms with Crippen molar-refractivity contribution in [1.82, 2.24) is 24.9 Å². The van der Waals surface area contributed by atoms with Gasteiger partial charge in [-0.05, 0) is 18.1 Å². The summed E-state index contributed by atoms with van der Waals surface area (Å²) in [5.41, 5.74) is 1.15. The topological polar surface area (TPSA) is 87.5 Å². The fourth-order valence-corrected chi connectivity index (χ4v) is 3.38. The first-order valence-corrected chi connectivity index (χ1v) is 9.33. The van der Waals surface area contributed by atoms with E-state index in [1.54, 1.807) is 11.9 Å². The number of aryl methyl sites for hydroxylation is 1. The molecule has 2 amide bonds. The summed E-state index contributed by atoms with van der Waals surface area (Å²) in [4.78, 5) is 40.5. The van der Waals surface area contributed by atoms with Crippen LogP contribution in [-0.4, -0.2) is 70.7 Å². The summed E-state index contributed by atoms with van der Waals surface area (Å²) < 4.78 is 1.14. The summed E-state index contributed by atoms with van der Waals surface area (Å²) in [6.07, 6.45) is 0.838. The molecular weight excluding hydrogens is 358 g/mol.